The van der Waals surface area contributed by atoms with Crippen molar-refractivity contribution in [3.8, 4) is 0 Å². The van der Waals surface area contributed by atoms with Crippen LogP contribution in [0.3, 0.4) is 0 Å². The lowest BCUT2D eigenvalue weighted by Crippen LogP contribution is -2.51. The molecule has 1 N–H and O–H groups in total. The van der Waals surface area contributed by atoms with E-state index in [-0.39, 0.29) is 12.2 Å². The number of carbonyl (C=O) groups excluding carboxylic acids is 2. The van der Waals surface area contributed by atoms with Gasteiger partial charge in [-0.15, -0.1) is 0 Å². The van der Waals surface area contributed by atoms with Gasteiger partial charge in [-0.25, -0.2) is 8.42 Å². The Bertz CT molecular complexity index is 1120. The highest BCUT2D eigenvalue weighted by molar-refractivity contribution is 7.92. The van der Waals surface area contributed by atoms with Gasteiger partial charge in [0.2, 0.25) is 21.8 Å². The van der Waals surface area contributed by atoms with Crippen LogP contribution in [0.1, 0.15) is 25.0 Å². The number of halogens is 3. The van der Waals surface area contributed by atoms with Crippen LogP contribution < -0.4 is 9.62 Å². The number of hydrogen-bond donors (Lipinski definition) is 1. The second-order valence-electron chi connectivity index (χ2n) is 7.50. The Morgan fingerprint density at radius 2 is 1.67 bits per heavy atom. The number of hydrogen-bond acceptors (Lipinski definition) is 4. The molecule has 0 aliphatic rings. The third kappa shape index (κ3) is 6.99. The first-order valence-electron chi connectivity index (χ1n) is 10.1. The molecule has 1 atom stereocenters. The smallest absolute Gasteiger partial charge is 0.244 e. The third-order valence-corrected chi connectivity index (χ3v) is 7.29. The molecule has 0 saturated heterocycles. The summed E-state index contributed by atoms with van der Waals surface area (Å²) in [6.07, 6.45) is 0.997. The number of aryl methyl sites for hydroxylation is 1. The highest BCUT2D eigenvalue weighted by Crippen LogP contribution is 2.28. The molecule has 0 aromatic heterocycles. The number of sulfonamides is 1. The fourth-order valence-corrected chi connectivity index (χ4v) is 4.64. The van der Waals surface area contributed by atoms with Gasteiger partial charge in [-0.1, -0.05) is 46.9 Å². The van der Waals surface area contributed by atoms with E-state index in [1.165, 1.54) is 11.0 Å². The number of amides is 2. The molecule has 2 aromatic rings. The normalized spacial score (nSPS) is 12.2. The second kappa shape index (κ2) is 11.4. The summed E-state index contributed by atoms with van der Waals surface area (Å²) in [5.41, 5.74) is 1.46. The van der Waals surface area contributed by atoms with E-state index >= 15 is 0 Å². The van der Waals surface area contributed by atoms with Crippen LogP contribution in [-0.4, -0.2) is 50.5 Å². The number of nitrogens with one attached hydrogen (secondary N) is 1. The van der Waals surface area contributed by atoms with Crippen molar-refractivity contribution in [3.05, 3.63) is 62.6 Å². The molecule has 0 unspecified atom stereocenters. The molecule has 33 heavy (non-hydrogen) atoms. The monoisotopic (exact) mass is 533 g/mol. The predicted octanol–water partition coefficient (Wildman–Crippen LogP) is 4.27. The number of nitrogens with zero attached hydrogens (tertiary/aromatic N) is 2. The molecule has 7 nitrogen and oxygen atoms in total. The maximum atomic E-state index is 13.4. The first-order valence-corrected chi connectivity index (χ1v) is 13.1. The number of anilines is 1. The fraction of sp³-hybridized carbons (Fsp3) is 0.364. The van der Waals surface area contributed by atoms with E-state index in [4.69, 9.17) is 34.8 Å². The van der Waals surface area contributed by atoms with E-state index in [0.29, 0.717) is 27.2 Å². The van der Waals surface area contributed by atoms with Gasteiger partial charge < -0.3 is 10.2 Å². The van der Waals surface area contributed by atoms with Crippen LogP contribution in [0.15, 0.2) is 36.4 Å². The SMILES string of the molecule is CCNC(=O)[C@@H](C)N(Cc1c(Cl)cccc1Cl)C(=O)CN(c1ccc(C)c(Cl)c1)S(C)(=O)=O. The Morgan fingerprint density at radius 3 is 2.18 bits per heavy atom. The fourth-order valence-electron chi connectivity index (χ4n) is 3.11. The Kier molecular flexibility index (Phi) is 9.43. The zero-order chi connectivity index (χ0) is 24.9. The van der Waals surface area contributed by atoms with Gasteiger partial charge in [0.15, 0.2) is 0 Å². The molecule has 0 fully saturated rings. The first kappa shape index (κ1) is 27.2. The van der Waals surface area contributed by atoms with Gasteiger partial charge in [0.25, 0.3) is 0 Å². The molecule has 0 aliphatic heterocycles. The molecule has 0 bridgehead atoms. The van der Waals surface area contributed by atoms with Crippen molar-refractivity contribution in [2.24, 2.45) is 0 Å². The standard InChI is InChI=1S/C22H26Cl3N3O4S/c1-5-26-22(30)15(3)27(12-17-18(23)7-6-8-19(17)24)21(29)13-28(33(4,31)32)16-10-9-14(2)20(25)11-16/h6-11,15H,5,12-13H2,1-4H3,(H,26,30)/t15-/m1/s1. The van der Waals surface area contributed by atoms with Gasteiger partial charge in [0.1, 0.15) is 12.6 Å². The van der Waals surface area contributed by atoms with Crippen LogP contribution in [0.25, 0.3) is 0 Å². The molecule has 2 aromatic carbocycles. The number of likely N-dealkylation sites (N-methyl/N-ethyl adjacent to an activating group) is 1. The lowest BCUT2D eigenvalue weighted by Gasteiger charge is -2.32. The summed E-state index contributed by atoms with van der Waals surface area (Å²) in [5.74, 6) is -0.995. The van der Waals surface area contributed by atoms with Crippen molar-refractivity contribution >= 4 is 62.3 Å². The van der Waals surface area contributed by atoms with Gasteiger partial charge in [-0.2, -0.15) is 0 Å². The first-order chi connectivity index (χ1) is 15.4. The van der Waals surface area contributed by atoms with Gasteiger partial charge in [-0.05, 0) is 50.6 Å². The molecule has 0 radical (unpaired) electrons. The Hall–Kier alpha value is -2.00. The minimum Gasteiger partial charge on any atom is -0.355 e. The van der Waals surface area contributed by atoms with Gasteiger partial charge in [0.05, 0.1) is 11.9 Å². The van der Waals surface area contributed by atoms with Gasteiger partial charge >= 0.3 is 0 Å². The lowest BCUT2D eigenvalue weighted by molar-refractivity contribution is -0.139. The molecule has 2 rings (SSSR count). The average Bonchev–Trinajstić information content (AvgIpc) is 2.72. The van der Waals surface area contributed by atoms with E-state index in [9.17, 15) is 18.0 Å². The molecule has 0 spiro atoms. The largest absolute Gasteiger partial charge is 0.355 e. The van der Waals surface area contributed by atoms with E-state index in [0.717, 1.165) is 16.1 Å². The van der Waals surface area contributed by atoms with Crippen LogP contribution in [0, 0.1) is 6.92 Å². The van der Waals surface area contributed by atoms with Crippen LogP contribution in [-0.2, 0) is 26.2 Å². The molecular weight excluding hydrogens is 509 g/mol. The van der Waals surface area contributed by atoms with Crippen LogP contribution >= 0.6 is 34.8 Å². The van der Waals surface area contributed by atoms with Crippen molar-refractivity contribution in [1.82, 2.24) is 10.2 Å². The number of rotatable bonds is 9. The summed E-state index contributed by atoms with van der Waals surface area (Å²) in [4.78, 5) is 27.2. The van der Waals surface area contributed by atoms with Crippen molar-refractivity contribution in [2.75, 3.05) is 23.7 Å². The van der Waals surface area contributed by atoms with E-state index in [2.05, 4.69) is 5.32 Å². The summed E-state index contributed by atoms with van der Waals surface area (Å²) >= 11 is 18.7. The highest BCUT2D eigenvalue weighted by Gasteiger charge is 2.30. The van der Waals surface area contributed by atoms with Crippen molar-refractivity contribution in [1.29, 1.82) is 0 Å². The summed E-state index contributed by atoms with van der Waals surface area (Å²) in [6.45, 7) is 4.85. The van der Waals surface area contributed by atoms with Crippen molar-refractivity contribution in [3.63, 3.8) is 0 Å². The lowest BCUT2D eigenvalue weighted by atomic mass is 10.1. The molecule has 0 saturated carbocycles. The molecule has 180 valence electrons. The molecule has 2 amide bonds. The molecule has 0 aliphatic carbocycles. The Morgan fingerprint density at radius 1 is 1.06 bits per heavy atom. The molecular formula is C22H26Cl3N3O4S. The summed E-state index contributed by atoms with van der Waals surface area (Å²) < 4.78 is 26.0. The Labute approximate surface area is 209 Å². The minimum atomic E-state index is -3.85. The zero-order valence-electron chi connectivity index (χ0n) is 18.7. The third-order valence-electron chi connectivity index (χ3n) is 5.03. The average molecular weight is 535 g/mol. The van der Waals surface area contributed by atoms with Crippen molar-refractivity contribution in [2.45, 2.75) is 33.4 Å². The van der Waals surface area contributed by atoms with Crippen LogP contribution in [0.2, 0.25) is 15.1 Å². The predicted molar refractivity (Wildman–Crippen MR) is 134 cm³/mol. The number of carbonyl (C=O) groups is 2. The van der Waals surface area contributed by atoms with Crippen LogP contribution in [0.5, 0.6) is 0 Å². The summed E-state index contributed by atoms with van der Waals surface area (Å²) in [7, 11) is -3.85. The van der Waals surface area contributed by atoms with E-state index in [1.54, 1.807) is 51.1 Å². The minimum absolute atomic E-state index is 0.0815. The molecule has 0 heterocycles. The van der Waals surface area contributed by atoms with Crippen molar-refractivity contribution < 1.29 is 18.0 Å². The topological polar surface area (TPSA) is 86.8 Å². The summed E-state index contributed by atoms with van der Waals surface area (Å²) in [5, 5.41) is 3.70. The van der Waals surface area contributed by atoms with Gasteiger partial charge in [0, 0.05) is 33.7 Å². The second-order valence-corrected chi connectivity index (χ2v) is 10.6. The zero-order valence-corrected chi connectivity index (χ0v) is 21.8. The van der Waals surface area contributed by atoms with Gasteiger partial charge in [-0.3, -0.25) is 13.9 Å². The molecule has 11 heteroatoms. The maximum absolute atomic E-state index is 13.4. The quantitative estimate of drug-likeness (QED) is 0.520. The Balaban J connectivity index is 2.46. The van der Waals surface area contributed by atoms with E-state index < -0.39 is 34.4 Å². The number of benzene rings is 2. The van der Waals surface area contributed by atoms with E-state index in [1.807, 2.05) is 0 Å². The summed E-state index contributed by atoms with van der Waals surface area (Å²) in [6, 6.07) is 8.72. The van der Waals surface area contributed by atoms with Crippen LogP contribution in [0.4, 0.5) is 5.69 Å². The maximum Gasteiger partial charge on any atom is 0.244 e. The highest BCUT2D eigenvalue weighted by atomic mass is 35.5.